The first-order chi connectivity index (χ1) is 8.86. The summed E-state index contributed by atoms with van der Waals surface area (Å²) < 4.78 is 0. The van der Waals surface area contributed by atoms with Gasteiger partial charge in [-0.15, -0.1) is 0 Å². The molecule has 0 saturated carbocycles. The van der Waals surface area contributed by atoms with E-state index in [9.17, 15) is 5.11 Å². The van der Waals surface area contributed by atoms with Crippen LogP contribution < -0.4 is 5.32 Å². The van der Waals surface area contributed by atoms with Crippen LogP contribution in [0.25, 0.3) is 0 Å². The van der Waals surface area contributed by atoms with Gasteiger partial charge in [-0.2, -0.15) is 0 Å². The van der Waals surface area contributed by atoms with Crippen molar-refractivity contribution in [1.82, 2.24) is 10.2 Å². The van der Waals surface area contributed by atoms with Crippen molar-refractivity contribution in [2.75, 3.05) is 32.7 Å². The van der Waals surface area contributed by atoms with Gasteiger partial charge in [0.1, 0.15) is 0 Å². The standard InChI is InChI=1S/C15H24N2O/c18-15(14-7-3-1-4-8-14)13-16-9-12-17-10-5-2-6-11-17/h1,3-4,7-8,15-16,18H,2,5-6,9-13H2. The molecule has 1 fully saturated rings. The summed E-state index contributed by atoms with van der Waals surface area (Å²) >= 11 is 0. The van der Waals surface area contributed by atoms with Crippen LogP contribution in [0.1, 0.15) is 30.9 Å². The molecule has 0 bridgehead atoms. The van der Waals surface area contributed by atoms with Crippen molar-refractivity contribution in [3.8, 4) is 0 Å². The van der Waals surface area contributed by atoms with E-state index in [2.05, 4.69) is 10.2 Å². The SMILES string of the molecule is OC(CNCCN1CCCCC1)c1ccccc1. The number of nitrogens with one attached hydrogen (secondary N) is 1. The van der Waals surface area contributed by atoms with Gasteiger partial charge in [-0.25, -0.2) is 0 Å². The number of aliphatic hydroxyl groups is 1. The zero-order valence-corrected chi connectivity index (χ0v) is 11.0. The zero-order valence-electron chi connectivity index (χ0n) is 11.0. The van der Waals surface area contributed by atoms with Gasteiger partial charge in [0.25, 0.3) is 0 Å². The second-order valence-electron chi connectivity index (χ2n) is 5.03. The summed E-state index contributed by atoms with van der Waals surface area (Å²) in [6.45, 7) is 5.18. The fourth-order valence-corrected chi connectivity index (χ4v) is 2.45. The fourth-order valence-electron chi connectivity index (χ4n) is 2.45. The molecule has 2 N–H and O–H groups in total. The van der Waals surface area contributed by atoms with Crippen molar-refractivity contribution in [3.05, 3.63) is 35.9 Å². The number of rotatable bonds is 6. The molecule has 1 aromatic rings. The molecular weight excluding hydrogens is 224 g/mol. The molecule has 1 aliphatic heterocycles. The summed E-state index contributed by atoms with van der Waals surface area (Å²) in [5, 5.41) is 13.3. The smallest absolute Gasteiger partial charge is 0.0914 e. The molecule has 0 amide bonds. The molecule has 1 atom stereocenters. The third-order valence-electron chi connectivity index (χ3n) is 3.58. The van der Waals surface area contributed by atoms with Crippen molar-refractivity contribution in [2.45, 2.75) is 25.4 Å². The molecule has 0 spiro atoms. The molecule has 1 unspecified atom stereocenters. The number of hydrogen-bond donors (Lipinski definition) is 2. The highest BCUT2D eigenvalue weighted by Crippen LogP contribution is 2.10. The van der Waals surface area contributed by atoms with E-state index in [0.717, 1.165) is 18.7 Å². The van der Waals surface area contributed by atoms with E-state index in [1.807, 2.05) is 30.3 Å². The highest BCUT2D eigenvalue weighted by atomic mass is 16.3. The molecule has 1 aliphatic rings. The van der Waals surface area contributed by atoms with E-state index in [0.29, 0.717) is 6.54 Å². The molecule has 2 rings (SSSR count). The third kappa shape index (κ3) is 4.41. The lowest BCUT2D eigenvalue weighted by atomic mass is 10.1. The molecule has 3 nitrogen and oxygen atoms in total. The van der Waals surface area contributed by atoms with E-state index < -0.39 is 6.10 Å². The first kappa shape index (κ1) is 13.5. The minimum absolute atomic E-state index is 0.396. The molecule has 1 saturated heterocycles. The van der Waals surface area contributed by atoms with Crippen LogP contribution >= 0.6 is 0 Å². The molecule has 0 aliphatic carbocycles. The molecule has 1 heterocycles. The van der Waals surface area contributed by atoms with Crippen LogP contribution in [0, 0.1) is 0 Å². The number of piperidine rings is 1. The van der Waals surface area contributed by atoms with Gasteiger partial charge in [-0.05, 0) is 31.5 Å². The average Bonchev–Trinajstić information content (AvgIpc) is 2.45. The number of likely N-dealkylation sites (tertiary alicyclic amines) is 1. The summed E-state index contributed by atoms with van der Waals surface area (Å²) in [7, 11) is 0. The van der Waals surface area contributed by atoms with Crippen molar-refractivity contribution >= 4 is 0 Å². The van der Waals surface area contributed by atoms with E-state index in [1.165, 1.54) is 32.4 Å². The quantitative estimate of drug-likeness (QED) is 0.754. The molecule has 0 radical (unpaired) electrons. The van der Waals surface area contributed by atoms with Crippen LogP contribution in [0.2, 0.25) is 0 Å². The van der Waals surface area contributed by atoms with Crippen LogP contribution in [0.4, 0.5) is 0 Å². The van der Waals surface area contributed by atoms with Gasteiger partial charge in [0.2, 0.25) is 0 Å². The zero-order chi connectivity index (χ0) is 12.6. The lowest BCUT2D eigenvalue weighted by Gasteiger charge is -2.26. The third-order valence-corrected chi connectivity index (χ3v) is 3.58. The van der Waals surface area contributed by atoms with Crippen molar-refractivity contribution in [3.63, 3.8) is 0 Å². The van der Waals surface area contributed by atoms with Gasteiger partial charge in [-0.3, -0.25) is 0 Å². The Morgan fingerprint density at radius 2 is 1.83 bits per heavy atom. The van der Waals surface area contributed by atoms with Crippen LogP contribution in [0.3, 0.4) is 0 Å². The summed E-state index contributed by atoms with van der Waals surface area (Å²) in [6, 6.07) is 9.84. The Hall–Kier alpha value is -0.900. The lowest BCUT2D eigenvalue weighted by molar-refractivity contribution is 0.169. The average molecular weight is 248 g/mol. The maximum absolute atomic E-state index is 9.98. The Morgan fingerprint density at radius 3 is 2.56 bits per heavy atom. The molecule has 3 heteroatoms. The normalized spacial score (nSPS) is 18.7. The first-order valence-electron chi connectivity index (χ1n) is 7.02. The first-order valence-corrected chi connectivity index (χ1v) is 7.02. The molecular formula is C15H24N2O. The monoisotopic (exact) mass is 248 g/mol. The summed E-state index contributed by atoms with van der Waals surface area (Å²) in [5.74, 6) is 0. The lowest BCUT2D eigenvalue weighted by Crippen LogP contribution is -2.36. The highest BCUT2D eigenvalue weighted by Gasteiger charge is 2.10. The number of nitrogens with zero attached hydrogens (tertiary/aromatic N) is 1. The topological polar surface area (TPSA) is 35.5 Å². The van der Waals surface area contributed by atoms with Crippen LogP contribution in [-0.2, 0) is 0 Å². The minimum Gasteiger partial charge on any atom is -0.387 e. The van der Waals surface area contributed by atoms with E-state index in [1.54, 1.807) is 0 Å². The number of aliphatic hydroxyl groups excluding tert-OH is 1. The summed E-state index contributed by atoms with van der Waals surface area (Å²) in [5.41, 5.74) is 0.989. The molecule has 0 aromatic heterocycles. The predicted molar refractivity (Wildman–Crippen MR) is 74.6 cm³/mol. The molecule has 1 aromatic carbocycles. The van der Waals surface area contributed by atoms with E-state index in [4.69, 9.17) is 0 Å². The van der Waals surface area contributed by atoms with Gasteiger partial charge >= 0.3 is 0 Å². The van der Waals surface area contributed by atoms with Gasteiger partial charge in [0, 0.05) is 19.6 Å². The van der Waals surface area contributed by atoms with Crippen molar-refractivity contribution < 1.29 is 5.11 Å². The minimum atomic E-state index is -0.396. The molecule has 100 valence electrons. The fraction of sp³-hybridized carbons (Fsp3) is 0.600. The van der Waals surface area contributed by atoms with E-state index in [-0.39, 0.29) is 0 Å². The second-order valence-corrected chi connectivity index (χ2v) is 5.03. The van der Waals surface area contributed by atoms with E-state index >= 15 is 0 Å². The maximum atomic E-state index is 9.98. The molecule has 18 heavy (non-hydrogen) atoms. The summed E-state index contributed by atoms with van der Waals surface area (Å²) in [6.07, 6.45) is 3.67. The maximum Gasteiger partial charge on any atom is 0.0914 e. The Balaban J connectivity index is 1.60. The second kappa shape index (κ2) is 7.52. The van der Waals surface area contributed by atoms with Gasteiger partial charge in [-0.1, -0.05) is 36.8 Å². The van der Waals surface area contributed by atoms with Crippen molar-refractivity contribution in [1.29, 1.82) is 0 Å². The predicted octanol–water partition coefficient (Wildman–Crippen LogP) is 1.80. The summed E-state index contributed by atoms with van der Waals surface area (Å²) in [4.78, 5) is 2.51. The van der Waals surface area contributed by atoms with Gasteiger partial charge < -0.3 is 15.3 Å². The van der Waals surface area contributed by atoms with Gasteiger partial charge in [0.15, 0.2) is 0 Å². The van der Waals surface area contributed by atoms with Crippen LogP contribution in [0.15, 0.2) is 30.3 Å². The van der Waals surface area contributed by atoms with Crippen LogP contribution in [0.5, 0.6) is 0 Å². The number of hydrogen-bond acceptors (Lipinski definition) is 3. The Kier molecular flexibility index (Phi) is 5.65. The highest BCUT2D eigenvalue weighted by molar-refractivity contribution is 5.17. The van der Waals surface area contributed by atoms with Crippen LogP contribution in [-0.4, -0.2) is 42.7 Å². The Morgan fingerprint density at radius 1 is 1.11 bits per heavy atom. The Bertz CT molecular complexity index is 323. The number of benzene rings is 1. The Labute approximate surface area is 110 Å². The van der Waals surface area contributed by atoms with Crippen molar-refractivity contribution in [2.24, 2.45) is 0 Å². The largest absolute Gasteiger partial charge is 0.387 e. The van der Waals surface area contributed by atoms with Gasteiger partial charge in [0.05, 0.1) is 6.10 Å².